The lowest BCUT2D eigenvalue weighted by Gasteiger charge is -2.06. The lowest BCUT2D eigenvalue weighted by molar-refractivity contribution is 0.585. The first-order valence-electron chi connectivity index (χ1n) is 7.55. The number of hydrogen-bond donors (Lipinski definition) is 2. The summed E-state index contributed by atoms with van der Waals surface area (Å²) in [6.07, 6.45) is 2.54. The van der Waals surface area contributed by atoms with Crippen LogP contribution in [-0.2, 0) is 6.42 Å². The van der Waals surface area contributed by atoms with Crippen molar-refractivity contribution in [2.24, 2.45) is 5.73 Å². The topological polar surface area (TPSA) is 41.8 Å². The van der Waals surface area contributed by atoms with Crippen LogP contribution in [0.1, 0.15) is 18.4 Å². The number of aryl methyl sites for hydroxylation is 1. The highest BCUT2D eigenvalue weighted by Crippen LogP contribution is 2.34. The molecule has 0 aliphatic carbocycles. The summed E-state index contributed by atoms with van der Waals surface area (Å²) >= 11 is 6.10. The van der Waals surface area contributed by atoms with E-state index in [2.05, 4.69) is 4.98 Å². The second-order valence-electron chi connectivity index (χ2n) is 5.54. The number of unbranched alkanes of at least 4 members (excludes halogenated alkanes) is 1. The van der Waals surface area contributed by atoms with Crippen molar-refractivity contribution in [2.45, 2.75) is 19.3 Å². The number of H-pyrrole nitrogens is 1. The van der Waals surface area contributed by atoms with Crippen molar-refractivity contribution >= 4 is 22.5 Å². The molecule has 0 aliphatic rings. The summed E-state index contributed by atoms with van der Waals surface area (Å²) in [7, 11) is 0. The number of rotatable bonds is 5. The Labute approximate surface area is 138 Å². The summed E-state index contributed by atoms with van der Waals surface area (Å²) < 4.78 is 27.4. The average molecular weight is 335 g/mol. The molecule has 0 bridgehead atoms. The van der Waals surface area contributed by atoms with Gasteiger partial charge in [-0.25, -0.2) is 8.78 Å². The van der Waals surface area contributed by atoms with Crippen LogP contribution in [0.4, 0.5) is 8.78 Å². The third-order valence-electron chi connectivity index (χ3n) is 3.95. The molecule has 23 heavy (non-hydrogen) atoms. The van der Waals surface area contributed by atoms with Gasteiger partial charge in [-0.3, -0.25) is 0 Å². The lowest BCUT2D eigenvalue weighted by atomic mass is 10.00. The van der Waals surface area contributed by atoms with Crippen LogP contribution in [-0.4, -0.2) is 11.5 Å². The first kappa shape index (κ1) is 16.0. The Kier molecular flexibility index (Phi) is 4.64. The molecular weight excluding hydrogens is 318 g/mol. The van der Waals surface area contributed by atoms with Crippen LogP contribution in [0.5, 0.6) is 0 Å². The van der Waals surface area contributed by atoms with Gasteiger partial charge >= 0.3 is 0 Å². The van der Waals surface area contributed by atoms with E-state index in [0.717, 1.165) is 41.8 Å². The van der Waals surface area contributed by atoms with Crippen molar-refractivity contribution in [3.63, 3.8) is 0 Å². The second-order valence-corrected chi connectivity index (χ2v) is 5.97. The molecule has 0 saturated heterocycles. The number of benzene rings is 2. The number of aromatic amines is 1. The zero-order chi connectivity index (χ0) is 16.4. The van der Waals surface area contributed by atoms with Gasteiger partial charge in [0.1, 0.15) is 11.6 Å². The molecule has 1 aromatic heterocycles. The van der Waals surface area contributed by atoms with Gasteiger partial charge < -0.3 is 10.7 Å². The van der Waals surface area contributed by atoms with Crippen molar-refractivity contribution < 1.29 is 8.78 Å². The third-order valence-corrected chi connectivity index (χ3v) is 4.18. The van der Waals surface area contributed by atoms with Crippen LogP contribution >= 0.6 is 11.6 Å². The molecular formula is C18H17ClF2N2. The monoisotopic (exact) mass is 334 g/mol. The molecule has 3 rings (SSSR count). The zero-order valence-electron chi connectivity index (χ0n) is 12.5. The molecule has 1 heterocycles. The molecule has 0 aliphatic heterocycles. The number of aromatic nitrogens is 1. The van der Waals surface area contributed by atoms with Gasteiger partial charge in [0.15, 0.2) is 0 Å². The predicted molar refractivity (Wildman–Crippen MR) is 90.7 cm³/mol. The molecule has 0 atom stereocenters. The number of nitrogens with one attached hydrogen (secondary N) is 1. The SMILES string of the molecule is NCCCCc1c(-c2ccc(F)cc2F)[nH]c2ccc(Cl)cc12. The minimum Gasteiger partial charge on any atom is -0.354 e. The predicted octanol–water partition coefficient (Wildman–Crippen LogP) is 5.05. The largest absolute Gasteiger partial charge is 0.354 e. The van der Waals surface area contributed by atoms with Crippen LogP contribution in [0.15, 0.2) is 36.4 Å². The standard InChI is InChI=1S/C18H17ClF2N2/c19-11-4-7-17-15(9-11)13(3-1-2-8-22)18(23-17)14-6-5-12(20)10-16(14)21/h4-7,9-10,23H,1-3,8,22H2. The van der Waals surface area contributed by atoms with E-state index in [1.807, 2.05) is 12.1 Å². The third kappa shape index (κ3) is 3.23. The van der Waals surface area contributed by atoms with Gasteiger partial charge in [0.05, 0.1) is 5.69 Å². The Morgan fingerprint density at radius 2 is 1.87 bits per heavy atom. The van der Waals surface area contributed by atoms with Crippen molar-refractivity contribution in [3.8, 4) is 11.3 Å². The van der Waals surface area contributed by atoms with Crippen LogP contribution in [0.3, 0.4) is 0 Å². The average Bonchev–Trinajstić information content (AvgIpc) is 2.85. The molecule has 0 saturated carbocycles. The Morgan fingerprint density at radius 3 is 2.61 bits per heavy atom. The molecule has 0 amide bonds. The van der Waals surface area contributed by atoms with E-state index in [0.29, 0.717) is 22.8 Å². The molecule has 5 heteroatoms. The molecule has 2 nitrogen and oxygen atoms in total. The Hall–Kier alpha value is -1.91. The van der Waals surface area contributed by atoms with Gasteiger partial charge in [-0.15, -0.1) is 0 Å². The minimum atomic E-state index is -0.588. The van der Waals surface area contributed by atoms with E-state index >= 15 is 0 Å². The van der Waals surface area contributed by atoms with Gasteiger partial charge in [0.25, 0.3) is 0 Å². The maximum Gasteiger partial charge on any atom is 0.135 e. The molecule has 2 aromatic carbocycles. The number of fused-ring (bicyclic) bond motifs is 1. The van der Waals surface area contributed by atoms with Gasteiger partial charge in [-0.05, 0) is 61.7 Å². The summed E-state index contributed by atoms with van der Waals surface area (Å²) in [4.78, 5) is 3.24. The van der Waals surface area contributed by atoms with Crippen LogP contribution in [0.2, 0.25) is 5.02 Å². The highest BCUT2D eigenvalue weighted by molar-refractivity contribution is 6.31. The van der Waals surface area contributed by atoms with Gasteiger partial charge in [-0.2, -0.15) is 0 Å². The Balaban J connectivity index is 2.16. The molecule has 0 radical (unpaired) electrons. The molecule has 3 aromatic rings. The summed E-state index contributed by atoms with van der Waals surface area (Å²) in [5.74, 6) is -1.17. The first-order valence-corrected chi connectivity index (χ1v) is 7.93. The van der Waals surface area contributed by atoms with Crippen molar-refractivity contribution in [2.75, 3.05) is 6.54 Å². The smallest absolute Gasteiger partial charge is 0.135 e. The van der Waals surface area contributed by atoms with Crippen LogP contribution in [0, 0.1) is 11.6 Å². The highest BCUT2D eigenvalue weighted by Gasteiger charge is 2.16. The summed E-state index contributed by atoms with van der Waals surface area (Å²) in [6, 6.07) is 9.15. The normalized spacial score (nSPS) is 11.3. The number of hydrogen-bond acceptors (Lipinski definition) is 1. The van der Waals surface area contributed by atoms with Crippen molar-refractivity contribution in [1.82, 2.24) is 4.98 Å². The fraction of sp³-hybridized carbons (Fsp3) is 0.222. The fourth-order valence-corrected chi connectivity index (χ4v) is 3.02. The van der Waals surface area contributed by atoms with E-state index in [-0.39, 0.29) is 0 Å². The molecule has 0 fully saturated rings. The summed E-state index contributed by atoms with van der Waals surface area (Å²) in [6.45, 7) is 0.614. The van der Waals surface area contributed by atoms with E-state index in [9.17, 15) is 8.78 Å². The zero-order valence-corrected chi connectivity index (χ0v) is 13.3. The quantitative estimate of drug-likeness (QED) is 0.630. The van der Waals surface area contributed by atoms with E-state index in [1.165, 1.54) is 12.1 Å². The summed E-state index contributed by atoms with van der Waals surface area (Å²) in [5, 5.41) is 1.59. The molecule has 3 N–H and O–H groups in total. The molecule has 120 valence electrons. The second kappa shape index (κ2) is 6.69. The molecule has 0 spiro atoms. The fourth-order valence-electron chi connectivity index (χ4n) is 2.85. The van der Waals surface area contributed by atoms with E-state index in [1.54, 1.807) is 6.07 Å². The Morgan fingerprint density at radius 1 is 1.04 bits per heavy atom. The lowest BCUT2D eigenvalue weighted by Crippen LogP contribution is -1.99. The first-order chi connectivity index (χ1) is 11.1. The van der Waals surface area contributed by atoms with E-state index in [4.69, 9.17) is 17.3 Å². The van der Waals surface area contributed by atoms with E-state index < -0.39 is 11.6 Å². The minimum absolute atomic E-state index is 0.362. The van der Waals surface area contributed by atoms with Gasteiger partial charge in [0.2, 0.25) is 0 Å². The maximum atomic E-state index is 14.2. The summed E-state index contributed by atoms with van der Waals surface area (Å²) in [5.41, 5.74) is 8.48. The van der Waals surface area contributed by atoms with Crippen LogP contribution in [0.25, 0.3) is 22.2 Å². The number of nitrogens with two attached hydrogens (primary N) is 1. The number of halogens is 3. The highest BCUT2D eigenvalue weighted by atomic mass is 35.5. The van der Waals surface area contributed by atoms with Crippen molar-refractivity contribution in [3.05, 3.63) is 58.6 Å². The Bertz CT molecular complexity index is 842. The van der Waals surface area contributed by atoms with Gasteiger partial charge in [-0.1, -0.05) is 11.6 Å². The van der Waals surface area contributed by atoms with Gasteiger partial charge in [0, 0.05) is 27.6 Å². The molecule has 0 unspecified atom stereocenters. The maximum absolute atomic E-state index is 14.2. The van der Waals surface area contributed by atoms with Crippen molar-refractivity contribution in [1.29, 1.82) is 0 Å². The van der Waals surface area contributed by atoms with Crippen LogP contribution < -0.4 is 5.73 Å².